The molecule has 33 heavy (non-hydrogen) atoms. The lowest BCUT2D eigenvalue weighted by atomic mass is 9.92. The molecule has 2 heterocycles. The second-order valence-electron chi connectivity index (χ2n) is 8.28. The van der Waals surface area contributed by atoms with E-state index in [1.54, 1.807) is 37.3 Å². The van der Waals surface area contributed by atoms with Crippen molar-refractivity contribution in [2.75, 3.05) is 29.9 Å². The Bertz CT molecular complexity index is 1080. The maximum atomic E-state index is 13.3. The summed E-state index contributed by atoms with van der Waals surface area (Å²) in [4.78, 5) is 40.9. The van der Waals surface area contributed by atoms with Gasteiger partial charge >= 0.3 is 12.2 Å². The largest absolute Gasteiger partial charge is 0.416 e. The lowest BCUT2D eigenvalue weighted by molar-refractivity contribution is -0.137. The molecule has 2 aliphatic rings. The number of nitrogens with zero attached hydrogens (tertiary/aromatic N) is 2. The molecule has 0 bridgehead atoms. The Morgan fingerprint density at radius 2 is 1.76 bits per heavy atom. The molecule has 10 heteroatoms. The van der Waals surface area contributed by atoms with Crippen LogP contribution in [0.2, 0.25) is 0 Å². The van der Waals surface area contributed by atoms with Crippen molar-refractivity contribution in [1.29, 1.82) is 0 Å². The highest BCUT2D eigenvalue weighted by molar-refractivity contribution is 6.10. The summed E-state index contributed by atoms with van der Waals surface area (Å²) in [6.07, 6.45) is -2.78. The predicted molar refractivity (Wildman–Crippen MR) is 116 cm³/mol. The summed E-state index contributed by atoms with van der Waals surface area (Å²) in [6.45, 7) is 2.24. The van der Waals surface area contributed by atoms with E-state index < -0.39 is 41.7 Å². The van der Waals surface area contributed by atoms with Crippen molar-refractivity contribution < 1.29 is 27.6 Å². The van der Waals surface area contributed by atoms with Crippen molar-refractivity contribution >= 4 is 29.2 Å². The number of urea groups is 1. The van der Waals surface area contributed by atoms with Crippen molar-refractivity contribution in [2.24, 2.45) is 0 Å². The summed E-state index contributed by atoms with van der Waals surface area (Å²) in [5.41, 5.74) is -1.21. The average molecular weight is 460 g/mol. The van der Waals surface area contributed by atoms with E-state index in [4.69, 9.17) is 0 Å². The first-order valence-electron chi connectivity index (χ1n) is 10.6. The molecule has 0 aromatic heterocycles. The molecule has 0 aliphatic carbocycles. The fourth-order valence-corrected chi connectivity index (χ4v) is 4.19. The van der Waals surface area contributed by atoms with Crippen LogP contribution in [0.1, 0.15) is 30.9 Å². The van der Waals surface area contributed by atoms with Gasteiger partial charge in [0.1, 0.15) is 12.1 Å². The van der Waals surface area contributed by atoms with E-state index in [1.165, 1.54) is 6.07 Å². The van der Waals surface area contributed by atoms with Gasteiger partial charge in [-0.1, -0.05) is 30.3 Å². The maximum Gasteiger partial charge on any atom is 0.416 e. The van der Waals surface area contributed by atoms with Crippen molar-refractivity contribution in [1.82, 2.24) is 10.2 Å². The number of carbonyl (C=O) groups excluding carboxylic acids is 3. The average Bonchev–Trinajstić information content (AvgIpc) is 3.37. The van der Waals surface area contributed by atoms with Gasteiger partial charge in [0.2, 0.25) is 5.91 Å². The van der Waals surface area contributed by atoms with Crippen molar-refractivity contribution in [3.63, 3.8) is 0 Å². The number of carbonyl (C=O) groups is 3. The van der Waals surface area contributed by atoms with Gasteiger partial charge in [-0.15, -0.1) is 0 Å². The first kappa shape index (κ1) is 22.6. The minimum atomic E-state index is -4.58. The number of imide groups is 1. The molecule has 2 aromatic carbocycles. The zero-order valence-electron chi connectivity index (χ0n) is 17.9. The summed E-state index contributed by atoms with van der Waals surface area (Å²) in [7, 11) is 0. The third-order valence-corrected chi connectivity index (χ3v) is 5.97. The second kappa shape index (κ2) is 8.42. The molecule has 0 radical (unpaired) electrons. The van der Waals surface area contributed by atoms with Gasteiger partial charge in [-0.25, -0.2) is 4.79 Å². The Labute approximate surface area is 188 Å². The number of anilines is 2. The Kier molecular flexibility index (Phi) is 5.77. The first-order valence-corrected chi connectivity index (χ1v) is 10.6. The van der Waals surface area contributed by atoms with Crippen LogP contribution in [0, 0.1) is 0 Å². The molecule has 1 unspecified atom stereocenters. The maximum absolute atomic E-state index is 13.3. The highest BCUT2D eigenvalue weighted by Gasteiger charge is 2.49. The molecule has 1 atom stereocenters. The van der Waals surface area contributed by atoms with Gasteiger partial charge in [0, 0.05) is 13.1 Å². The van der Waals surface area contributed by atoms with Crippen LogP contribution >= 0.6 is 0 Å². The lowest BCUT2D eigenvalue weighted by Gasteiger charge is -2.24. The molecule has 2 aliphatic heterocycles. The molecule has 2 aromatic rings. The van der Waals surface area contributed by atoms with Gasteiger partial charge < -0.3 is 15.5 Å². The number of halogens is 3. The molecule has 4 amide bonds. The van der Waals surface area contributed by atoms with Crippen molar-refractivity contribution in [2.45, 2.75) is 31.5 Å². The van der Waals surface area contributed by atoms with Crippen LogP contribution in [0.5, 0.6) is 0 Å². The lowest BCUT2D eigenvalue weighted by Crippen LogP contribution is -2.42. The minimum Gasteiger partial charge on any atom is -0.370 e. The van der Waals surface area contributed by atoms with Crippen LogP contribution < -0.4 is 15.5 Å². The molecule has 2 saturated heterocycles. The third-order valence-electron chi connectivity index (χ3n) is 5.97. The fraction of sp³-hybridized carbons (Fsp3) is 0.348. The highest BCUT2D eigenvalue weighted by Crippen LogP contribution is 2.36. The van der Waals surface area contributed by atoms with E-state index in [2.05, 4.69) is 10.6 Å². The number of hydrogen-bond donors (Lipinski definition) is 2. The van der Waals surface area contributed by atoms with Crippen LogP contribution in [-0.4, -0.2) is 42.4 Å². The molecule has 0 spiro atoms. The number of amides is 4. The van der Waals surface area contributed by atoms with Gasteiger partial charge in [-0.05, 0) is 43.5 Å². The standard InChI is InChI=1S/C23H23F3N4O3/c1-22(15-7-3-2-4-8-15)20(32)30(21(33)28-22)14-19(31)27-17-13-16(23(24,25)26)9-10-18(17)29-11-5-6-12-29/h2-4,7-10,13H,5-6,11-12,14H2,1H3,(H,27,31)(H,28,33). The summed E-state index contributed by atoms with van der Waals surface area (Å²) in [5, 5.41) is 5.08. The Morgan fingerprint density at radius 3 is 2.39 bits per heavy atom. The molecule has 174 valence electrons. The quantitative estimate of drug-likeness (QED) is 0.667. The summed E-state index contributed by atoms with van der Waals surface area (Å²) in [5.74, 6) is -1.38. The first-order chi connectivity index (χ1) is 15.6. The van der Waals surface area contributed by atoms with E-state index >= 15 is 0 Å². The van der Waals surface area contributed by atoms with Gasteiger partial charge in [-0.2, -0.15) is 13.2 Å². The molecular weight excluding hydrogens is 437 g/mol. The minimum absolute atomic E-state index is 0.00500. The van der Waals surface area contributed by atoms with Gasteiger partial charge in [0.15, 0.2) is 0 Å². The number of benzene rings is 2. The van der Waals surface area contributed by atoms with Gasteiger partial charge in [0.05, 0.1) is 16.9 Å². The molecule has 2 fully saturated rings. The van der Waals surface area contributed by atoms with Crippen molar-refractivity contribution in [3.05, 3.63) is 59.7 Å². The highest BCUT2D eigenvalue weighted by atomic mass is 19.4. The van der Waals surface area contributed by atoms with E-state index in [-0.39, 0.29) is 5.69 Å². The van der Waals surface area contributed by atoms with E-state index in [1.807, 2.05) is 4.90 Å². The molecule has 4 rings (SSSR count). The normalized spacial score (nSPS) is 20.8. The van der Waals surface area contributed by atoms with Gasteiger partial charge in [0.25, 0.3) is 5.91 Å². The monoisotopic (exact) mass is 460 g/mol. The molecule has 2 N–H and O–H groups in total. The zero-order valence-corrected chi connectivity index (χ0v) is 17.9. The van der Waals surface area contributed by atoms with Crippen LogP contribution in [-0.2, 0) is 21.3 Å². The number of rotatable bonds is 5. The van der Waals surface area contributed by atoms with Crippen LogP contribution in [0.3, 0.4) is 0 Å². The summed E-state index contributed by atoms with van der Waals surface area (Å²) >= 11 is 0. The zero-order chi connectivity index (χ0) is 23.8. The van der Waals surface area contributed by atoms with Crippen LogP contribution in [0.4, 0.5) is 29.3 Å². The second-order valence-corrected chi connectivity index (χ2v) is 8.28. The molecule has 0 saturated carbocycles. The summed E-state index contributed by atoms with van der Waals surface area (Å²) in [6, 6.07) is 11.0. The number of nitrogens with one attached hydrogen (secondary N) is 2. The van der Waals surface area contributed by atoms with Crippen LogP contribution in [0.15, 0.2) is 48.5 Å². The van der Waals surface area contributed by atoms with E-state index in [0.717, 1.165) is 29.9 Å². The third kappa shape index (κ3) is 4.37. The number of hydrogen-bond acceptors (Lipinski definition) is 4. The molecule has 7 nitrogen and oxygen atoms in total. The van der Waals surface area contributed by atoms with Crippen LogP contribution in [0.25, 0.3) is 0 Å². The molecular formula is C23H23F3N4O3. The summed E-state index contributed by atoms with van der Waals surface area (Å²) < 4.78 is 39.8. The topological polar surface area (TPSA) is 81.8 Å². The SMILES string of the molecule is CC1(c2ccccc2)NC(=O)N(CC(=O)Nc2cc(C(F)(F)F)ccc2N2CCCC2)C1=O. The predicted octanol–water partition coefficient (Wildman–Crippen LogP) is 3.71. The fourth-order valence-electron chi connectivity index (χ4n) is 4.19. The number of alkyl halides is 3. The smallest absolute Gasteiger partial charge is 0.370 e. The Hall–Kier alpha value is -3.56. The van der Waals surface area contributed by atoms with E-state index in [0.29, 0.717) is 24.3 Å². The van der Waals surface area contributed by atoms with E-state index in [9.17, 15) is 27.6 Å². The van der Waals surface area contributed by atoms with Gasteiger partial charge in [-0.3, -0.25) is 14.5 Å². The Balaban J connectivity index is 1.55. The van der Waals surface area contributed by atoms with Crippen molar-refractivity contribution in [3.8, 4) is 0 Å². The Morgan fingerprint density at radius 1 is 1.09 bits per heavy atom.